The van der Waals surface area contributed by atoms with Crippen LogP contribution in [-0.2, 0) is 29.8 Å². The van der Waals surface area contributed by atoms with E-state index in [1.807, 2.05) is 17.1 Å². The van der Waals surface area contributed by atoms with Gasteiger partial charge in [0.2, 0.25) is 0 Å². The molecule has 1 aliphatic heterocycles. The van der Waals surface area contributed by atoms with Crippen LogP contribution < -0.4 is 4.74 Å². The van der Waals surface area contributed by atoms with Crippen LogP contribution >= 0.6 is 0 Å². The van der Waals surface area contributed by atoms with Gasteiger partial charge in [-0.3, -0.25) is 4.55 Å². The molecule has 5 aromatic rings. The number of likely N-dealkylation sites (tertiary alicyclic amines) is 1. The lowest BCUT2D eigenvalue weighted by Gasteiger charge is -2.16. The molecule has 4 heterocycles. The second kappa shape index (κ2) is 15.2. The molecule has 1 atom stereocenters. The Morgan fingerprint density at radius 1 is 0.796 bits per heavy atom. The van der Waals surface area contributed by atoms with Gasteiger partial charge in [-0.05, 0) is 87.7 Å². The van der Waals surface area contributed by atoms with Gasteiger partial charge in [0.05, 0.1) is 42.6 Å². The zero-order chi connectivity index (χ0) is 33.6. The Morgan fingerprint density at radius 3 is 2.16 bits per heavy atom. The van der Waals surface area contributed by atoms with Crippen molar-refractivity contribution in [3.8, 4) is 5.75 Å². The average Bonchev–Trinajstić information content (AvgIpc) is 3.90. The number of benzene rings is 2. The third-order valence-electron chi connectivity index (χ3n) is 9.59. The molecule has 0 bridgehead atoms. The number of H-pyrrole nitrogens is 1. The monoisotopic (exact) mass is 686 g/mol. The van der Waals surface area contributed by atoms with E-state index in [1.54, 1.807) is 11.0 Å². The Hall–Kier alpha value is -4.07. The van der Waals surface area contributed by atoms with Crippen molar-refractivity contribution in [1.29, 1.82) is 0 Å². The third-order valence-corrected chi connectivity index (χ3v) is 10.4. The van der Waals surface area contributed by atoms with Crippen molar-refractivity contribution in [2.75, 3.05) is 25.4 Å². The van der Waals surface area contributed by atoms with Crippen molar-refractivity contribution in [1.82, 2.24) is 39.9 Å². The van der Waals surface area contributed by atoms with Crippen LogP contribution in [0.1, 0.15) is 91.6 Å². The number of nitrogens with one attached hydrogen (secondary N) is 1. The number of nitrogens with zero attached hydrogens (tertiary/aromatic N) is 7. The van der Waals surface area contributed by atoms with Crippen molar-refractivity contribution < 1.29 is 17.7 Å². The van der Waals surface area contributed by atoms with Crippen LogP contribution in [0, 0.1) is 0 Å². The molecule has 0 spiro atoms. The fraction of sp³-hybridized carbons (Fsp3) is 0.500. The summed E-state index contributed by atoms with van der Waals surface area (Å²) >= 11 is 0. The lowest BCUT2D eigenvalue weighted by atomic mass is 9.97. The molecule has 2 aliphatic carbocycles. The quantitative estimate of drug-likeness (QED) is 0.101. The molecule has 8 rings (SSSR count). The molecular weight excluding hydrogens is 641 g/mol. The number of hydrogen-bond donors (Lipinski definition) is 2. The Bertz CT molecular complexity index is 1910. The Kier molecular flexibility index (Phi) is 10.4. The summed E-state index contributed by atoms with van der Waals surface area (Å²) in [6, 6.07) is 16.7. The maximum atomic E-state index is 10.5. The molecule has 3 fully saturated rings. The van der Waals surface area contributed by atoms with E-state index in [0.29, 0.717) is 43.7 Å². The van der Waals surface area contributed by atoms with E-state index in [0.717, 1.165) is 49.6 Å². The molecule has 3 aromatic heterocycles. The van der Waals surface area contributed by atoms with E-state index < -0.39 is 10.1 Å². The molecule has 0 radical (unpaired) electrons. The van der Waals surface area contributed by atoms with Crippen LogP contribution in [0.2, 0.25) is 0 Å². The molecular formula is C36H46N8O4S. The van der Waals surface area contributed by atoms with Gasteiger partial charge in [-0.1, -0.05) is 36.4 Å². The maximum Gasteiger partial charge on any atom is 0.264 e. The molecule has 260 valence electrons. The number of aromatic nitrogens is 7. The van der Waals surface area contributed by atoms with Crippen LogP contribution in [0.25, 0.3) is 10.9 Å². The predicted octanol–water partition coefficient (Wildman–Crippen LogP) is 5.92. The predicted molar refractivity (Wildman–Crippen MR) is 187 cm³/mol. The van der Waals surface area contributed by atoms with E-state index in [4.69, 9.17) is 9.29 Å². The van der Waals surface area contributed by atoms with Gasteiger partial charge in [-0.25, -0.2) is 0 Å². The molecule has 1 saturated heterocycles. The zero-order valence-corrected chi connectivity index (χ0v) is 28.7. The Morgan fingerprint density at radius 2 is 1.49 bits per heavy atom. The van der Waals surface area contributed by atoms with Crippen molar-refractivity contribution in [3.63, 3.8) is 0 Å². The van der Waals surface area contributed by atoms with Gasteiger partial charge in [-0.2, -0.15) is 38.4 Å². The molecule has 0 amide bonds. The zero-order valence-electron chi connectivity index (χ0n) is 27.9. The molecule has 3 aliphatic rings. The minimum atomic E-state index is -3.83. The average molecular weight is 687 g/mol. The maximum absolute atomic E-state index is 10.5. The molecule has 49 heavy (non-hydrogen) atoms. The smallest absolute Gasteiger partial charge is 0.264 e. The van der Waals surface area contributed by atoms with E-state index in [9.17, 15) is 8.42 Å². The van der Waals surface area contributed by atoms with Gasteiger partial charge in [0.1, 0.15) is 12.4 Å². The molecule has 2 N–H and O–H groups in total. The first-order valence-corrected chi connectivity index (χ1v) is 19.2. The molecule has 2 saturated carbocycles. The second-order valence-corrected chi connectivity index (χ2v) is 15.2. The lowest BCUT2D eigenvalue weighted by Crippen LogP contribution is -2.23. The number of hydrogen-bond acceptors (Lipinski definition) is 8. The minimum Gasteiger partial charge on any atom is -0.488 e. The lowest BCUT2D eigenvalue weighted by molar-refractivity contribution is 0.309. The first-order valence-electron chi connectivity index (χ1n) is 17.6. The van der Waals surface area contributed by atoms with Gasteiger partial charge in [-0.15, -0.1) is 0 Å². The van der Waals surface area contributed by atoms with Gasteiger partial charge >= 0.3 is 0 Å². The first kappa shape index (κ1) is 33.4. The minimum absolute atomic E-state index is 0.191. The van der Waals surface area contributed by atoms with Gasteiger partial charge in [0, 0.05) is 41.4 Å². The Labute approximate surface area is 287 Å². The second-order valence-electron chi connectivity index (χ2n) is 13.6. The first-order chi connectivity index (χ1) is 23.9. The topological polar surface area (TPSA) is 144 Å². The third kappa shape index (κ3) is 9.34. The number of rotatable bonds is 15. The fourth-order valence-corrected chi connectivity index (χ4v) is 7.16. The van der Waals surface area contributed by atoms with E-state index in [-0.39, 0.29) is 5.75 Å². The van der Waals surface area contributed by atoms with Crippen LogP contribution in [0.15, 0.2) is 67.1 Å². The summed E-state index contributed by atoms with van der Waals surface area (Å²) in [6.07, 6.45) is 14.2. The summed E-state index contributed by atoms with van der Waals surface area (Å²) in [6.45, 7) is 5.42. The van der Waals surface area contributed by atoms with Crippen LogP contribution in [0.5, 0.6) is 5.75 Å². The van der Waals surface area contributed by atoms with E-state index >= 15 is 0 Å². The van der Waals surface area contributed by atoms with Crippen LogP contribution in [0.4, 0.5) is 0 Å². The largest absolute Gasteiger partial charge is 0.488 e. The summed E-state index contributed by atoms with van der Waals surface area (Å²) in [5.74, 6) is 2.58. The van der Waals surface area contributed by atoms with Crippen LogP contribution in [-0.4, -0.2) is 78.2 Å². The number of fused-ring (bicyclic) bond motifs is 1. The number of aromatic amines is 1. The van der Waals surface area contributed by atoms with Crippen molar-refractivity contribution in [3.05, 3.63) is 89.6 Å². The van der Waals surface area contributed by atoms with Gasteiger partial charge in [0.25, 0.3) is 10.1 Å². The van der Waals surface area contributed by atoms with E-state index in [1.165, 1.54) is 54.3 Å². The highest BCUT2D eigenvalue weighted by atomic mass is 32.2. The van der Waals surface area contributed by atoms with Crippen LogP contribution in [0.3, 0.4) is 0 Å². The highest BCUT2D eigenvalue weighted by Crippen LogP contribution is 2.39. The standard InChI is InChI=1S/C27H31N5O.C9H15N3O3S/c1-2-6-20(7-3-1)19-33-26-9-4-8-24-27(26)23(16-28-24)22-12-15-31(18-22)13-5-14-32-29-17-25(30-32)21-10-11-21;13-16(14,15)6-2-1-5-12-10-7-9(11-12)8-3-4-8/h1-4,6-9,16-17,21-22,28H,5,10-15,18-19H2;7-8H,1-6H2,(H,13,14,15). The fourth-order valence-electron chi connectivity index (χ4n) is 6.59. The van der Waals surface area contributed by atoms with Gasteiger partial charge < -0.3 is 14.6 Å². The Balaban J connectivity index is 0.000000199. The number of unbranched alkanes of at least 4 members (excludes halogenated alkanes) is 1. The summed E-state index contributed by atoms with van der Waals surface area (Å²) in [5.41, 5.74) is 5.95. The molecule has 12 nitrogen and oxygen atoms in total. The SMILES string of the molecule is O=S(=O)(O)CCCCn1ncc(C2CC2)n1.c1ccc(COc2cccc3[nH]cc(C4CCN(CCCn5ncc(C6CC6)n5)C4)c23)cc1. The molecule has 2 aromatic carbocycles. The van der Waals surface area contributed by atoms with Crippen molar-refractivity contribution in [2.24, 2.45) is 0 Å². The number of aryl methyl sites for hydroxylation is 2. The normalized spacial score (nSPS) is 18.1. The summed E-state index contributed by atoms with van der Waals surface area (Å²) < 4.78 is 35.7. The van der Waals surface area contributed by atoms with E-state index in [2.05, 4.69) is 78.9 Å². The van der Waals surface area contributed by atoms with Crippen molar-refractivity contribution in [2.45, 2.75) is 88.8 Å². The van der Waals surface area contributed by atoms with Crippen molar-refractivity contribution >= 4 is 21.0 Å². The van der Waals surface area contributed by atoms with Gasteiger partial charge in [0.15, 0.2) is 0 Å². The molecule has 13 heteroatoms. The summed E-state index contributed by atoms with van der Waals surface area (Å²) in [5, 5.41) is 18.7. The highest BCUT2D eigenvalue weighted by Gasteiger charge is 2.28. The summed E-state index contributed by atoms with van der Waals surface area (Å²) in [4.78, 5) is 9.55. The highest BCUT2D eigenvalue weighted by molar-refractivity contribution is 7.85. The number of ether oxygens (including phenoxy) is 1. The summed E-state index contributed by atoms with van der Waals surface area (Å²) in [7, 11) is -3.83. The molecule has 1 unspecified atom stereocenters.